The lowest BCUT2D eigenvalue weighted by Crippen LogP contribution is -2.34. The number of hydrogen-bond acceptors (Lipinski definition) is 5. The molecule has 0 saturated heterocycles. The Labute approximate surface area is 135 Å². The van der Waals surface area contributed by atoms with E-state index < -0.39 is 16.3 Å². The molecule has 0 spiro atoms. The van der Waals surface area contributed by atoms with Crippen molar-refractivity contribution in [2.75, 3.05) is 32.2 Å². The van der Waals surface area contributed by atoms with Crippen molar-refractivity contribution in [2.24, 2.45) is 0 Å². The highest BCUT2D eigenvalue weighted by atomic mass is 32.2. The van der Waals surface area contributed by atoms with Gasteiger partial charge in [-0.05, 0) is 36.1 Å². The van der Waals surface area contributed by atoms with E-state index in [1.54, 1.807) is 17.0 Å². The topological polar surface area (TPSA) is 84.9 Å². The maximum atomic E-state index is 12.5. The summed E-state index contributed by atoms with van der Waals surface area (Å²) in [6.45, 7) is 0.735. The van der Waals surface area contributed by atoms with Crippen LogP contribution in [-0.2, 0) is 37.1 Å². The Bertz CT molecular complexity index is 728. The van der Waals surface area contributed by atoms with Crippen LogP contribution in [-0.4, -0.2) is 47.9 Å². The Kier molecular flexibility index (Phi) is 4.41. The summed E-state index contributed by atoms with van der Waals surface area (Å²) in [6.07, 6.45) is 1.26. The quantitative estimate of drug-likeness (QED) is 0.759. The highest BCUT2D eigenvalue weighted by Crippen LogP contribution is 2.38. The Balaban J connectivity index is 1.90. The molecular formula is C15H20N2O5S. The minimum Gasteiger partial charge on any atom is -0.355 e. The van der Waals surface area contributed by atoms with Gasteiger partial charge in [-0.25, -0.2) is 13.1 Å². The van der Waals surface area contributed by atoms with Crippen LogP contribution in [0.4, 0.5) is 5.69 Å². The van der Waals surface area contributed by atoms with Gasteiger partial charge in [0.05, 0.1) is 23.5 Å². The fourth-order valence-electron chi connectivity index (χ4n) is 3.13. The van der Waals surface area contributed by atoms with Gasteiger partial charge < -0.3 is 14.4 Å². The first-order valence-corrected chi connectivity index (χ1v) is 8.96. The number of aryl methyl sites for hydroxylation is 1. The molecular weight excluding hydrogens is 320 g/mol. The fourth-order valence-corrected chi connectivity index (χ4v) is 4.24. The Hall–Kier alpha value is -1.48. The monoisotopic (exact) mass is 340 g/mol. The number of nitrogens with one attached hydrogen (secondary N) is 1. The van der Waals surface area contributed by atoms with Crippen molar-refractivity contribution < 1.29 is 22.7 Å². The molecule has 1 N–H and O–H groups in total. The van der Waals surface area contributed by atoms with Crippen LogP contribution in [0.15, 0.2) is 17.0 Å². The van der Waals surface area contributed by atoms with Gasteiger partial charge >= 0.3 is 0 Å². The second kappa shape index (κ2) is 6.20. The molecule has 0 aromatic heterocycles. The summed E-state index contributed by atoms with van der Waals surface area (Å²) in [4.78, 5) is 14.0. The first-order valence-electron chi connectivity index (χ1n) is 7.47. The molecule has 0 unspecified atom stereocenters. The summed E-state index contributed by atoms with van der Waals surface area (Å²) in [5, 5.41) is 0. The van der Waals surface area contributed by atoms with Crippen LogP contribution in [0.5, 0.6) is 0 Å². The van der Waals surface area contributed by atoms with Gasteiger partial charge in [-0.15, -0.1) is 0 Å². The van der Waals surface area contributed by atoms with Crippen LogP contribution in [0, 0.1) is 0 Å². The molecule has 3 rings (SSSR count). The molecule has 0 radical (unpaired) electrons. The van der Waals surface area contributed by atoms with E-state index in [4.69, 9.17) is 9.47 Å². The second-order valence-corrected chi connectivity index (χ2v) is 7.44. The van der Waals surface area contributed by atoms with E-state index in [9.17, 15) is 13.2 Å². The lowest BCUT2D eigenvalue weighted by molar-refractivity contribution is -0.117. The number of carbonyl (C=O) groups excluding carboxylic acids is 1. The summed E-state index contributed by atoms with van der Waals surface area (Å²) in [6, 6.07) is 3.26. The van der Waals surface area contributed by atoms with E-state index in [1.807, 2.05) is 0 Å². The van der Waals surface area contributed by atoms with E-state index in [-0.39, 0.29) is 23.8 Å². The van der Waals surface area contributed by atoms with Crippen molar-refractivity contribution in [3.63, 3.8) is 0 Å². The van der Waals surface area contributed by atoms with Crippen molar-refractivity contribution >= 4 is 21.6 Å². The lowest BCUT2D eigenvalue weighted by Gasteiger charge is -2.26. The molecule has 0 bridgehead atoms. The van der Waals surface area contributed by atoms with Gasteiger partial charge in [0, 0.05) is 20.8 Å². The summed E-state index contributed by atoms with van der Waals surface area (Å²) >= 11 is 0. The first kappa shape index (κ1) is 16.4. The highest BCUT2D eigenvalue weighted by Gasteiger charge is 2.33. The van der Waals surface area contributed by atoms with Crippen molar-refractivity contribution in [3.8, 4) is 0 Å². The molecule has 0 atom stereocenters. The molecule has 0 saturated carbocycles. The lowest BCUT2D eigenvalue weighted by atomic mass is 10.0. The molecule has 2 aliphatic heterocycles. The van der Waals surface area contributed by atoms with Crippen LogP contribution < -0.4 is 9.62 Å². The Morgan fingerprint density at radius 2 is 1.96 bits per heavy atom. The van der Waals surface area contributed by atoms with Crippen molar-refractivity contribution in [1.29, 1.82) is 0 Å². The first-order chi connectivity index (χ1) is 11.0. The number of benzene rings is 1. The SMILES string of the molecule is COC(CNS(=O)(=O)c1cc2c3c(c1)CC(=O)N3CCC2)OC. The third-order valence-electron chi connectivity index (χ3n) is 4.26. The predicted molar refractivity (Wildman–Crippen MR) is 83.8 cm³/mol. The maximum absolute atomic E-state index is 12.5. The third-order valence-corrected chi connectivity index (χ3v) is 5.66. The molecule has 1 amide bonds. The second-order valence-electron chi connectivity index (χ2n) is 5.67. The number of sulfonamides is 1. The van der Waals surface area contributed by atoms with Gasteiger partial charge in [-0.1, -0.05) is 0 Å². The van der Waals surface area contributed by atoms with E-state index in [0.29, 0.717) is 6.54 Å². The van der Waals surface area contributed by atoms with Crippen LogP contribution in [0.25, 0.3) is 0 Å². The van der Waals surface area contributed by atoms with Crippen molar-refractivity contribution in [1.82, 2.24) is 4.72 Å². The molecule has 2 aliphatic rings. The zero-order chi connectivity index (χ0) is 16.6. The highest BCUT2D eigenvalue weighted by molar-refractivity contribution is 7.89. The smallest absolute Gasteiger partial charge is 0.240 e. The number of nitrogens with zero attached hydrogens (tertiary/aromatic N) is 1. The molecule has 23 heavy (non-hydrogen) atoms. The number of methoxy groups -OCH3 is 2. The molecule has 1 aromatic rings. The Morgan fingerprint density at radius 3 is 2.65 bits per heavy atom. The number of amides is 1. The van der Waals surface area contributed by atoms with Crippen LogP contribution >= 0.6 is 0 Å². The van der Waals surface area contributed by atoms with Gasteiger partial charge in [0.2, 0.25) is 15.9 Å². The zero-order valence-corrected chi connectivity index (χ0v) is 14.0. The van der Waals surface area contributed by atoms with E-state index in [2.05, 4.69) is 4.72 Å². The predicted octanol–water partition coefficient (Wildman–Crippen LogP) is 0.419. The molecule has 0 aliphatic carbocycles. The van der Waals surface area contributed by atoms with Crippen LogP contribution in [0.1, 0.15) is 17.5 Å². The summed E-state index contributed by atoms with van der Waals surface area (Å²) in [5.41, 5.74) is 2.63. The summed E-state index contributed by atoms with van der Waals surface area (Å²) < 4.78 is 37.5. The number of carbonyl (C=O) groups is 1. The van der Waals surface area contributed by atoms with Crippen LogP contribution in [0.3, 0.4) is 0 Å². The molecule has 1 aromatic carbocycles. The molecule has 126 valence electrons. The minimum absolute atomic E-state index is 0.0206. The van der Waals surface area contributed by atoms with Gasteiger partial charge in [0.15, 0.2) is 6.29 Å². The summed E-state index contributed by atoms with van der Waals surface area (Å²) in [5.74, 6) is 0.0438. The standard InChI is InChI=1S/C15H20N2O5S/c1-21-14(22-2)9-16-23(19,20)12-6-10-4-3-5-17-13(18)8-11(7-12)15(10)17/h6-7,14,16H,3-5,8-9H2,1-2H3. The third kappa shape index (κ3) is 2.99. The van der Waals surface area contributed by atoms with Gasteiger partial charge in [0.1, 0.15) is 0 Å². The number of anilines is 1. The van der Waals surface area contributed by atoms with Crippen molar-refractivity contribution in [3.05, 3.63) is 23.3 Å². The maximum Gasteiger partial charge on any atom is 0.240 e. The fraction of sp³-hybridized carbons (Fsp3) is 0.533. The largest absolute Gasteiger partial charge is 0.355 e. The average molecular weight is 340 g/mol. The summed E-state index contributed by atoms with van der Waals surface area (Å²) in [7, 11) is -0.787. The van der Waals surface area contributed by atoms with Crippen LogP contribution in [0.2, 0.25) is 0 Å². The number of hydrogen-bond donors (Lipinski definition) is 1. The van der Waals surface area contributed by atoms with E-state index in [0.717, 1.165) is 29.7 Å². The molecule has 8 heteroatoms. The van der Waals surface area contributed by atoms with E-state index in [1.165, 1.54) is 14.2 Å². The van der Waals surface area contributed by atoms with E-state index >= 15 is 0 Å². The molecule has 0 fully saturated rings. The molecule has 7 nitrogen and oxygen atoms in total. The number of rotatable bonds is 6. The number of ether oxygens (including phenoxy) is 2. The minimum atomic E-state index is -3.68. The Morgan fingerprint density at radius 1 is 1.26 bits per heavy atom. The normalized spacial score (nSPS) is 17.0. The zero-order valence-electron chi connectivity index (χ0n) is 13.2. The van der Waals surface area contributed by atoms with Gasteiger partial charge in [0.25, 0.3) is 0 Å². The van der Waals surface area contributed by atoms with Gasteiger partial charge in [-0.2, -0.15) is 0 Å². The van der Waals surface area contributed by atoms with Gasteiger partial charge in [-0.3, -0.25) is 4.79 Å². The molecule has 2 heterocycles. The van der Waals surface area contributed by atoms with Crippen molar-refractivity contribution in [2.45, 2.75) is 30.4 Å². The average Bonchev–Trinajstić information content (AvgIpc) is 2.86.